The lowest BCUT2D eigenvalue weighted by Gasteiger charge is -2.62. The van der Waals surface area contributed by atoms with Crippen molar-refractivity contribution in [3.05, 3.63) is 0 Å². The summed E-state index contributed by atoms with van der Waals surface area (Å²) in [4.78, 5) is 0. The summed E-state index contributed by atoms with van der Waals surface area (Å²) in [6.45, 7) is 18.2. The van der Waals surface area contributed by atoms with Crippen LogP contribution < -0.4 is 21.7 Å². The topological polar surface area (TPSA) is 103 Å². The van der Waals surface area contributed by atoms with Crippen LogP contribution in [0.4, 0.5) is 0 Å². The van der Waals surface area contributed by atoms with Gasteiger partial charge in [-0.2, -0.15) is 0 Å². The van der Waals surface area contributed by atoms with Crippen molar-refractivity contribution in [2.24, 2.45) is 58.0 Å². The molecule has 4 aliphatic rings. The highest BCUT2D eigenvalue weighted by Gasteiger charge is 2.62. The van der Waals surface area contributed by atoms with Crippen LogP contribution in [-0.4, -0.2) is 67.7 Å². The minimum atomic E-state index is -0.170. The lowest BCUT2D eigenvalue weighted by Crippen LogP contribution is -2.59. The van der Waals surface area contributed by atoms with Gasteiger partial charge in [0.2, 0.25) is 0 Å². The summed E-state index contributed by atoms with van der Waals surface area (Å²) in [5, 5.41) is 33.2. The summed E-state index contributed by atoms with van der Waals surface area (Å²) in [6, 6.07) is 0.619. The molecule has 0 aromatic heterocycles. The number of nitrogens with one attached hydrogen (secondary N) is 3. The monoisotopic (exact) mass is 605 g/mol. The van der Waals surface area contributed by atoms with Gasteiger partial charge in [-0.3, -0.25) is 0 Å². The Morgan fingerprint density at radius 2 is 1.42 bits per heavy atom. The van der Waals surface area contributed by atoms with Crippen LogP contribution in [0.15, 0.2) is 0 Å². The average molecular weight is 605 g/mol. The van der Waals surface area contributed by atoms with E-state index >= 15 is 0 Å². The van der Waals surface area contributed by atoms with Gasteiger partial charge in [-0.1, -0.05) is 34.6 Å². The molecule has 4 aliphatic carbocycles. The number of fused-ring (bicyclic) bond motifs is 5. The van der Waals surface area contributed by atoms with E-state index in [2.05, 4.69) is 50.6 Å². The van der Waals surface area contributed by atoms with Crippen LogP contribution in [0.3, 0.4) is 0 Å². The molecular weight excluding hydrogens is 532 g/mol. The van der Waals surface area contributed by atoms with Crippen molar-refractivity contribution in [1.29, 1.82) is 0 Å². The fourth-order valence-corrected chi connectivity index (χ4v) is 10.8. The van der Waals surface area contributed by atoms with Gasteiger partial charge in [0.1, 0.15) is 0 Å². The molecule has 6 heteroatoms. The number of nitrogens with two attached hydrogens (primary N) is 1. The maximum absolute atomic E-state index is 11.8. The molecule has 252 valence electrons. The van der Waals surface area contributed by atoms with E-state index in [9.17, 15) is 10.2 Å². The Kier molecular flexibility index (Phi) is 13.7. The number of aliphatic hydroxyl groups is 2. The summed E-state index contributed by atoms with van der Waals surface area (Å²) in [7, 11) is 0. The molecule has 0 aromatic carbocycles. The molecule has 0 aromatic rings. The SMILES string of the molecule is CC(C)C(O)CC[C@@H](C)[C@H]1CCC2C3C(CC[C@@]21C)[C@@]1(C)CC[C@H](NCCCNCCCCNCCCN)C[C@H]1C[C@@H]3O. The quantitative estimate of drug-likeness (QED) is 0.112. The number of aliphatic hydroxyl groups excluding tert-OH is 2. The summed E-state index contributed by atoms with van der Waals surface area (Å²) < 4.78 is 0. The van der Waals surface area contributed by atoms with Gasteiger partial charge in [0.25, 0.3) is 0 Å². The van der Waals surface area contributed by atoms with Gasteiger partial charge >= 0.3 is 0 Å². The minimum Gasteiger partial charge on any atom is -0.393 e. The molecule has 4 rings (SSSR count). The third-order valence-electron chi connectivity index (χ3n) is 13.6. The van der Waals surface area contributed by atoms with E-state index < -0.39 is 0 Å². The Labute approximate surface area is 265 Å². The van der Waals surface area contributed by atoms with E-state index in [1.807, 2.05) is 0 Å². The van der Waals surface area contributed by atoms with Crippen LogP contribution in [0.1, 0.15) is 125 Å². The molecule has 0 aliphatic heterocycles. The van der Waals surface area contributed by atoms with Crippen LogP contribution in [0.2, 0.25) is 0 Å². The molecule has 0 spiro atoms. The van der Waals surface area contributed by atoms with Gasteiger partial charge in [0, 0.05) is 6.04 Å². The van der Waals surface area contributed by atoms with Gasteiger partial charge < -0.3 is 31.9 Å². The Hall–Kier alpha value is -0.240. The van der Waals surface area contributed by atoms with Gasteiger partial charge in [0.05, 0.1) is 12.2 Å². The average Bonchev–Trinajstić information content (AvgIpc) is 3.34. The van der Waals surface area contributed by atoms with E-state index in [1.54, 1.807) is 0 Å². The molecule has 0 bridgehead atoms. The summed E-state index contributed by atoms with van der Waals surface area (Å²) in [5.41, 5.74) is 6.30. The zero-order chi connectivity index (χ0) is 31.0. The standard InChI is InChI=1S/C37H72N4O2/c1-26(2)33(42)13-10-27(3)30-11-12-31-35-32(15-17-37(30,31)5)36(4)16-14-29(24-28(36)25-34(35)43)41-23-9-22-40-20-7-6-19-39-21-8-18-38/h26-35,39-43H,6-25,38H2,1-5H3/t27-,28+,29+,30-,31?,32?,33?,34+,35?,36+,37-/m1/s1. The summed E-state index contributed by atoms with van der Waals surface area (Å²) in [6.07, 6.45) is 16.7. The van der Waals surface area contributed by atoms with Crippen LogP contribution in [0.25, 0.3) is 0 Å². The van der Waals surface area contributed by atoms with E-state index in [1.165, 1.54) is 64.2 Å². The van der Waals surface area contributed by atoms with E-state index in [0.717, 1.165) is 70.9 Å². The first-order chi connectivity index (χ1) is 20.6. The van der Waals surface area contributed by atoms with Crippen LogP contribution in [-0.2, 0) is 0 Å². The zero-order valence-electron chi connectivity index (χ0n) is 28.9. The van der Waals surface area contributed by atoms with Gasteiger partial charge in [-0.15, -0.1) is 0 Å². The van der Waals surface area contributed by atoms with Gasteiger partial charge in [-0.25, -0.2) is 0 Å². The Bertz CT molecular complexity index is 811. The molecule has 6 nitrogen and oxygen atoms in total. The van der Waals surface area contributed by atoms with E-state index in [0.29, 0.717) is 52.4 Å². The molecule has 0 saturated heterocycles. The lowest BCUT2D eigenvalue weighted by atomic mass is 9.43. The number of hydrogen-bond acceptors (Lipinski definition) is 6. The first kappa shape index (κ1) is 35.6. The van der Waals surface area contributed by atoms with Crippen LogP contribution in [0.5, 0.6) is 0 Å². The third kappa shape index (κ3) is 8.57. The lowest BCUT2D eigenvalue weighted by molar-refractivity contribution is -0.167. The second kappa shape index (κ2) is 16.5. The molecule has 11 atom stereocenters. The van der Waals surface area contributed by atoms with Gasteiger partial charge in [-0.05, 0) is 181 Å². The molecule has 7 N–H and O–H groups in total. The van der Waals surface area contributed by atoms with Crippen molar-refractivity contribution in [2.45, 2.75) is 143 Å². The van der Waals surface area contributed by atoms with Crippen molar-refractivity contribution in [1.82, 2.24) is 16.0 Å². The molecule has 0 amide bonds. The second-order valence-corrected chi connectivity index (χ2v) is 16.5. The molecule has 4 saturated carbocycles. The first-order valence-electron chi connectivity index (χ1n) is 18.8. The van der Waals surface area contributed by atoms with Crippen LogP contribution >= 0.6 is 0 Å². The van der Waals surface area contributed by atoms with Crippen molar-refractivity contribution >= 4 is 0 Å². The second-order valence-electron chi connectivity index (χ2n) is 16.5. The normalized spacial score (nSPS) is 38.9. The van der Waals surface area contributed by atoms with Crippen molar-refractivity contribution in [3.63, 3.8) is 0 Å². The maximum atomic E-state index is 11.8. The predicted molar refractivity (Wildman–Crippen MR) is 181 cm³/mol. The van der Waals surface area contributed by atoms with E-state index in [-0.39, 0.29) is 12.2 Å². The summed E-state index contributed by atoms with van der Waals surface area (Å²) >= 11 is 0. The van der Waals surface area contributed by atoms with Gasteiger partial charge in [0.15, 0.2) is 0 Å². The number of rotatable bonds is 18. The number of unbranched alkanes of at least 4 members (excludes halogenated alkanes) is 1. The Morgan fingerprint density at radius 1 is 0.767 bits per heavy atom. The molecule has 4 fully saturated rings. The van der Waals surface area contributed by atoms with Crippen LogP contribution in [0, 0.1) is 52.3 Å². The predicted octanol–water partition coefficient (Wildman–Crippen LogP) is 5.71. The highest BCUT2D eigenvalue weighted by Crippen LogP contribution is 2.68. The van der Waals surface area contributed by atoms with Crippen molar-refractivity contribution in [3.8, 4) is 0 Å². The summed E-state index contributed by atoms with van der Waals surface area (Å²) in [5.74, 6) is 4.28. The Morgan fingerprint density at radius 3 is 2.12 bits per heavy atom. The number of hydrogen-bond donors (Lipinski definition) is 6. The largest absolute Gasteiger partial charge is 0.393 e. The molecular formula is C37H72N4O2. The fourth-order valence-electron chi connectivity index (χ4n) is 10.8. The molecule has 0 heterocycles. The Balaban J connectivity index is 1.20. The van der Waals surface area contributed by atoms with E-state index in [4.69, 9.17) is 5.73 Å². The third-order valence-corrected chi connectivity index (χ3v) is 13.6. The smallest absolute Gasteiger partial charge is 0.0577 e. The highest BCUT2D eigenvalue weighted by molar-refractivity contribution is 5.12. The maximum Gasteiger partial charge on any atom is 0.0577 e. The molecule has 4 unspecified atom stereocenters. The fraction of sp³-hybridized carbons (Fsp3) is 1.00. The molecule has 0 radical (unpaired) electrons. The first-order valence-corrected chi connectivity index (χ1v) is 18.8. The van der Waals surface area contributed by atoms with Crippen molar-refractivity contribution in [2.75, 3.05) is 39.3 Å². The minimum absolute atomic E-state index is 0.122. The molecule has 43 heavy (non-hydrogen) atoms. The zero-order valence-corrected chi connectivity index (χ0v) is 28.9. The highest BCUT2D eigenvalue weighted by atomic mass is 16.3. The van der Waals surface area contributed by atoms with Crippen molar-refractivity contribution < 1.29 is 10.2 Å².